The van der Waals surface area contributed by atoms with E-state index in [0.717, 1.165) is 5.56 Å². The monoisotopic (exact) mass is 296 g/mol. The zero-order chi connectivity index (χ0) is 14.9. The third-order valence-electron chi connectivity index (χ3n) is 3.22. The second-order valence-corrected chi connectivity index (χ2v) is 5.37. The first-order valence-corrected chi connectivity index (χ1v) is 7.14. The number of esters is 1. The fourth-order valence-corrected chi connectivity index (χ4v) is 3.10. The molecule has 1 fully saturated rings. The van der Waals surface area contributed by atoms with E-state index >= 15 is 0 Å². The lowest BCUT2D eigenvalue weighted by Crippen LogP contribution is -2.34. The second kappa shape index (κ2) is 5.62. The van der Waals surface area contributed by atoms with Gasteiger partial charge in [-0.3, -0.25) is 14.5 Å². The van der Waals surface area contributed by atoms with E-state index in [0.29, 0.717) is 17.1 Å². The van der Waals surface area contributed by atoms with Gasteiger partial charge in [0.25, 0.3) is 5.91 Å². The Hall–Kier alpha value is -1.89. The van der Waals surface area contributed by atoms with Gasteiger partial charge in [0.15, 0.2) is 0 Å². The van der Waals surface area contributed by atoms with E-state index in [-0.39, 0.29) is 18.2 Å². The average molecular weight is 296 g/mol. The highest BCUT2D eigenvalue weighted by molar-refractivity contribution is 7.12. The molecule has 1 saturated heterocycles. The summed E-state index contributed by atoms with van der Waals surface area (Å²) in [5, 5.41) is 4.83. The maximum absolute atomic E-state index is 12.1. The molecule has 0 aromatic carbocycles. The number of aryl methyl sites for hydroxylation is 1. The van der Waals surface area contributed by atoms with Crippen LogP contribution in [0, 0.1) is 6.92 Å². The maximum atomic E-state index is 12.1. The van der Waals surface area contributed by atoms with E-state index in [9.17, 15) is 14.4 Å². The summed E-state index contributed by atoms with van der Waals surface area (Å²) in [6.07, 6.45) is 0.114. The van der Waals surface area contributed by atoms with E-state index in [1.807, 2.05) is 12.3 Å². The van der Waals surface area contributed by atoms with Crippen LogP contribution in [-0.4, -0.2) is 42.4 Å². The average Bonchev–Trinajstić information content (AvgIpc) is 2.91. The molecule has 2 rings (SSSR count). The Labute approximate surface area is 120 Å². The Morgan fingerprint density at radius 3 is 2.80 bits per heavy atom. The van der Waals surface area contributed by atoms with Crippen LogP contribution >= 0.6 is 11.3 Å². The lowest BCUT2D eigenvalue weighted by Gasteiger charge is -2.15. The number of carbonyl (C=O) groups is 3. The number of rotatable bonds is 4. The number of likely N-dealkylation sites (tertiary alicyclic amines) is 1. The number of carbonyl (C=O) groups excluding carboxylic acids is 3. The number of amides is 2. The van der Waals surface area contributed by atoms with Crippen molar-refractivity contribution >= 4 is 34.8 Å². The smallest absolute Gasteiger partial charge is 0.350 e. The molecule has 1 aromatic heterocycles. The predicted molar refractivity (Wildman–Crippen MR) is 74.8 cm³/mol. The van der Waals surface area contributed by atoms with Gasteiger partial charge in [-0.2, -0.15) is 0 Å². The van der Waals surface area contributed by atoms with Crippen molar-refractivity contribution in [1.82, 2.24) is 4.90 Å². The number of anilines is 1. The molecular weight excluding hydrogens is 280 g/mol. The van der Waals surface area contributed by atoms with Gasteiger partial charge in [0, 0.05) is 6.54 Å². The first-order chi connectivity index (χ1) is 9.49. The fourth-order valence-electron chi connectivity index (χ4n) is 2.17. The van der Waals surface area contributed by atoms with Crippen LogP contribution in [0.5, 0.6) is 0 Å². The normalized spacial score (nSPS) is 18.6. The molecule has 0 radical (unpaired) electrons. The Bertz CT molecular complexity index is 567. The Balaban J connectivity index is 2.23. The van der Waals surface area contributed by atoms with Crippen molar-refractivity contribution in [3.63, 3.8) is 0 Å². The SMILES string of the molecule is CCN1C(=O)CC(Nc2c(C)csc2C(=O)OC)C1=O. The molecule has 0 spiro atoms. The topological polar surface area (TPSA) is 75.7 Å². The van der Waals surface area contributed by atoms with E-state index in [1.54, 1.807) is 6.92 Å². The molecule has 108 valence electrons. The minimum Gasteiger partial charge on any atom is -0.465 e. The summed E-state index contributed by atoms with van der Waals surface area (Å²) in [4.78, 5) is 37.1. The van der Waals surface area contributed by atoms with Crippen LogP contribution in [0.2, 0.25) is 0 Å². The quantitative estimate of drug-likeness (QED) is 0.671. The van der Waals surface area contributed by atoms with Gasteiger partial charge in [-0.05, 0) is 24.8 Å². The second-order valence-electron chi connectivity index (χ2n) is 4.49. The molecule has 2 amide bonds. The van der Waals surface area contributed by atoms with Crippen LogP contribution in [0.15, 0.2) is 5.38 Å². The maximum Gasteiger partial charge on any atom is 0.350 e. The van der Waals surface area contributed by atoms with Crippen molar-refractivity contribution in [3.05, 3.63) is 15.8 Å². The zero-order valence-corrected chi connectivity index (χ0v) is 12.4. The largest absolute Gasteiger partial charge is 0.465 e. The zero-order valence-electron chi connectivity index (χ0n) is 11.6. The molecule has 1 N–H and O–H groups in total. The summed E-state index contributed by atoms with van der Waals surface area (Å²) in [7, 11) is 1.31. The van der Waals surface area contributed by atoms with Gasteiger partial charge < -0.3 is 10.1 Å². The number of nitrogens with zero attached hydrogens (tertiary/aromatic N) is 1. The molecule has 20 heavy (non-hydrogen) atoms. The van der Waals surface area contributed by atoms with Crippen LogP contribution in [0.4, 0.5) is 5.69 Å². The number of thiophene rings is 1. The highest BCUT2D eigenvalue weighted by Gasteiger charge is 2.38. The summed E-state index contributed by atoms with van der Waals surface area (Å²) in [6, 6.07) is -0.612. The lowest BCUT2D eigenvalue weighted by atomic mass is 10.2. The van der Waals surface area contributed by atoms with Crippen LogP contribution in [0.3, 0.4) is 0 Å². The molecular formula is C13H16N2O4S. The molecule has 7 heteroatoms. The van der Waals surface area contributed by atoms with Crippen LogP contribution in [-0.2, 0) is 14.3 Å². The van der Waals surface area contributed by atoms with E-state index < -0.39 is 12.0 Å². The first-order valence-electron chi connectivity index (χ1n) is 6.26. The third kappa shape index (κ3) is 2.40. The molecule has 2 heterocycles. The van der Waals surface area contributed by atoms with E-state index in [4.69, 9.17) is 4.74 Å². The molecule has 0 aliphatic carbocycles. The molecule has 1 atom stereocenters. The van der Waals surface area contributed by atoms with Crippen molar-refractivity contribution in [3.8, 4) is 0 Å². The first kappa shape index (κ1) is 14.5. The summed E-state index contributed by atoms with van der Waals surface area (Å²) < 4.78 is 4.71. The Morgan fingerprint density at radius 1 is 1.55 bits per heavy atom. The number of likely N-dealkylation sites (N-methyl/N-ethyl adjacent to an activating group) is 1. The van der Waals surface area contributed by atoms with Crippen molar-refractivity contribution in [2.24, 2.45) is 0 Å². The fraction of sp³-hybridized carbons (Fsp3) is 0.462. The molecule has 1 aliphatic rings. The summed E-state index contributed by atoms with van der Waals surface area (Å²) >= 11 is 1.25. The number of ether oxygens (including phenoxy) is 1. The Kier molecular flexibility index (Phi) is 4.08. The number of imide groups is 1. The van der Waals surface area contributed by atoms with Crippen LogP contribution in [0.1, 0.15) is 28.6 Å². The summed E-state index contributed by atoms with van der Waals surface area (Å²) in [5.41, 5.74) is 1.43. The van der Waals surface area contributed by atoms with Crippen molar-refractivity contribution < 1.29 is 19.1 Å². The standard InChI is InChI=1S/C13H16N2O4S/c1-4-15-9(16)5-8(12(15)17)14-10-7(2)6-20-11(10)13(18)19-3/h6,8,14H,4-5H2,1-3H3. The third-order valence-corrected chi connectivity index (χ3v) is 4.30. The number of nitrogens with one attached hydrogen (secondary N) is 1. The minimum atomic E-state index is -0.612. The lowest BCUT2D eigenvalue weighted by molar-refractivity contribution is -0.138. The van der Waals surface area contributed by atoms with E-state index in [2.05, 4.69) is 5.32 Å². The van der Waals surface area contributed by atoms with Gasteiger partial charge in [-0.15, -0.1) is 11.3 Å². The van der Waals surface area contributed by atoms with Crippen molar-refractivity contribution in [2.45, 2.75) is 26.3 Å². The molecule has 1 aromatic rings. The predicted octanol–water partition coefficient (Wildman–Crippen LogP) is 1.40. The van der Waals surface area contributed by atoms with Gasteiger partial charge in [0.2, 0.25) is 5.91 Å². The van der Waals surface area contributed by atoms with Gasteiger partial charge in [-0.1, -0.05) is 0 Å². The van der Waals surface area contributed by atoms with Gasteiger partial charge >= 0.3 is 5.97 Å². The molecule has 0 bridgehead atoms. The van der Waals surface area contributed by atoms with Gasteiger partial charge in [-0.25, -0.2) is 4.79 Å². The number of methoxy groups -OCH3 is 1. The van der Waals surface area contributed by atoms with Crippen LogP contribution in [0.25, 0.3) is 0 Å². The number of hydrogen-bond donors (Lipinski definition) is 1. The summed E-state index contributed by atoms with van der Waals surface area (Å²) in [6.45, 7) is 3.96. The van der Waals surface area contributed by atoms with Gasteiger partial charge in [0.1, 0.15) is 10.9 Å². The van der Waals surface area contributed by atoms with Crippen LogP contribution < -0.4 is 5.32 Å². The minimum absolute atomic E-state index is 0.114. The van der Waals surface area contributed by atoms with Gasteiger partial charge in [0.05, 0.1) is 19.2 Å². The molecule has 1 aliphatic heterocycles. The summed E-state index contributed by atoms with van der Waals surface area (Å²) in [5.74, 6) is -0.892. The van der Waals surface area contributed by atoms with E-state index in [1.165, 1.54) is 23.3 Å². The molecule has 6 nitrogen and oxygen atoms in total. The molecule has 0 saturated carbocycles. The Morgan fingerprint density at radius 2 is 2.25 bits per heavy atom. The van der Waals surface area contributed by atoms with Crippen molar-refractivity contribution in [2.75, 3.05) is 19.0 Å². The van der Waals surface area contributed by atoms with Crippen molar-refractivity contribution in [1.29, 1.82) is 0 Å². The highest BCUT2D eigenvalue weighted by atomic mass is 32.1. The number of hydrogen-bond acceptors (Lipinski definition) is 6. The highest BCUT2D eigenvalue weighted by Crippen LogP contribution is 2.30. The molecule has 1 unspecified atom stereocenters.